The van der Waals surface area contributed by atoms with E-state index in [0.717, 1.165) is 66.8 Å². The quantitative estimate of drug-likeness (QED) is 0.627. The molecule has 1 heterocycles. The maximum atomic E-state index is 12.2. The summed E-state index contributed by atoms with van der Waals surface area (Å²) in [7, 11) is 0. The van der Waals surface area contributed by atoms with Crippen LogP contribution in [0.3, 0.4) is 0 Å². The first-order chi connectivity index (χ1) is 13.7. The molecular formula is C26H36O2. The number of rotatable bonds is 2. The van der Waals surface area contributed by atoms with Gasteiger partial charge < -0.3 is 4.74 Å². The highest BCUT2D eigenvalue weighted by molar-refractivity contribution is 5.91. The van der Waals surface area contributed by atoms with Crippen molar-refractivity contribution < 1.29 is 9.53 Å². The van der Waals surface area contributed by atoms with Crippen LogP contribution in [0.1, 0.15) is 77.6 Å². The van der Waals surface area contributed by atoms with Gasteiger partial charge in [-0.2, -0.15) is 0 Å². The minimum Gasteiger partial charge on any atom is -0.374 e. The summed E-state index contributed by atoms with van der Waals surface area (Å²) in [5, 5.41) is 0. The zero-order chi connectivity index (χ0) is 18.7. The monoisotopic (exact) mass is 380 g/mol. The molecule has 152 valence electrons. The van der Waals surface area contributed by atoms with Crippen LogP contribution in [-0.2, 0) is 9.53 Å². The number of hydrogen-bond donors (Lipinski definition) is 0. The fourth-order valence-corrected chi connectivity index (χ4v) is 10.2. The zero-order valence-corrected chi connectivity index (χ0v) is 17.5. The van der Waals surface area contributed by atoms with E-state index in [9.17, 15) is 4.79 Å². The number of hydrogen-bond acceptors (Lipinski definition) is 2. The molecule has 1 aliphatic heterocycles. The van der Waals surface area contributed by atoms with Gasteiger partial charge in [-0.15, -0.1) is 0 Å². The average molecular weight is 381 g/mol. The summed E-state index contributed by atoms with van der Waals surface area (Å²) in [4.78, 5) is 12.2. The molecule has 6 aliphatic carbocycles. The molecule has 0 bridgehead atoms. The van der Waals surface area contributed by atoms with Gasteiger partial charge in [0.15, 0.2) is 5.78 Å². The van der Waals surface area contributed by atoms with Gasteiger partial charge >= 0.3 is 0 Å². The lowest BCUT2D eigenvalue weighted by Crippen LogP contribution is -2.58. The normalized spacial score (nSPS) is 56.7. The van der Waals surface area contributed by atoms with Gasteiger partial charge in [-0.25, -0.2) is 0 Å². The Hall–Kier alpha value is -0.630. The van der Waals surface area contributed by atoms with Crippen LogP contribution in [0.5, 0.6) is 0 Å². The largest absolute Gasteiger partial charge is 0.374 e. The molecule has 0 aromatic carbocycles. The number of allylic oxidation sites excluding steroid dienone is 1. The zero-order valence-electron chi connectivity index (χ0n) is 17.5. The van der Waals surface area contributed by atoms with Crippen LogP contribution < -0.4 is 0 Å². The van der Waals surface area contributed by atoms with Gasteiger partial charge in [-0.1, -0.05) is 12.5 Å². The smallest absolute Gasteiger partial charge is 0.155 e. The Bertz CT molecular complexity index is 742. The summed E-state index contributed by atoms with van der Waals surface area (Å²) in [6.07, 6.45) is 16.6. The molecule has 2 nitrogen and oxygen atoms in total. The maximum Gasteiger partial charge on any atom is 0.155 e. The lowest BCUT2D eigenvalue weighted by molar-refractivity contribution is -0.168. The van der Waals surface area contributed by atoms with Crippen LogP contribution in [0.15, 0.2) is 11.6 Å². The third kappa shape index (κ3) is 1.93. The average Bonchev–Trinajstić information content (AvgIpc) is 3.64. The molecule has 28 heavy (non-hydrogen) atoms. The van der Waals surface area contributed by atoms with Gasteiger partial charge in [-0.05, 0) is 118 Å². The van der Waals surface area contributed by atoms with E-state index in [1.54, 1.807) is 5.57 Å². The van der Waals surface area contributed by atoms with E-state index in [4.69, 9.17) is 4.74 Å². The second kappa shape index (κ2) is 5.54. The minimum atomic E-state index is 0.259. The first-order valence-corrected chi connectivity index (χ1v) is 12.6. The highest BCUT2D eigenvalue weighted by Gasteiger charge is 2.78. The predicted octanol–water partition coefficient (Wildman–Crippen LogP) is 5.56. The van der Waals surface area contributed by atoms with E-state index in [1.807, 2.05) is 0 Å². The summed E-state index contributed by atoms with van der Waals surface area (Å²) < 4.78 is 6.77. The highest BCUT2D eigenvalue weighted by atomic mass is 16.5. The van der Waals surface area contributed by atoms with Crippen molar-refractivity contribution in [3.63, 3.8) is 0 Å². The minimum absolute atomic E-state index is 0.259. The van der Waals surface area contributed by atoms with Crippen LogP contribution in [0.2, 0.25) is 0 Å². The summed E-state index contributed by atoms with van der Waals surface area (Å²) in [5.74, 6) is 7.63. The van der Waals surface area contributed by atoms with Crippen molar-refractivity contribution in [1.29, 1.82) is 0 Å². The topological polar surface area (TPSA) is 26.3 Å². The molecule has 0 aromatic rings. The van der Waals surface area contributed by atoms with E-state index < -0.39 is 0 Å². The van der Waals surface area contributed by atoms with Crippen LogP contribution in [-0.4, -0.2) is 18.0 Å². The van der Waals surface area contributed by atoms with Crippen molar-refractivity contribution >= 4 is 5.78 Å². The standard InChI is InChI=1S/C26H36O2/c1-2-25-10-8-19-18-7-6-17(27)12-16(18)13-20(15-4-5-15)23(19)24(25)21-14-22(21)26(25)9-3-11-28-26/h12,15,18-24H,2-11,13-14H2,1H3/t18-,19?,20?,21?,22?,23?,24?,25-,26-/m0/s1. The lowest BCUT2D eigenvalue weighted by atomic mass is 9.45. The molecule has 6 fully saturated rings. The molecule has 6 unspecified atom stereocenters. The Morgan fingerprint density at radius 3 is 2.75 bits per heavy atom. The molecule has 5 saturated carbocycles. The Morgan fingerprint density at radius 2 is 2.00 bits per heavy atom. The van der Waals surface area contributed by atoms with Crippen molar-refractivity contribution in [2.75, 3.05) is 6.61 Å². The number of ether oxygens (including phenoxy) is 1. The third-order valence-electron chi connectivity index (χ3n) is 11.1. The molecule has 0 amide bonds. The molecule has 9 atom stereocenters. The molecule has 2 heteroatoms. The van der Waals surface area contributed by atoms with Crippen LogP contribution in [0.4, 0.5) is 0 Å². The molecule has 0 radical (unpaired) electrons. The predicted molar refractivity (Wildman–Crippen MR) is 109 cm³/mol. The number of carbonyl (C=O) groups is 1. The van der Waals surface area contributed by atoms with E-state index in [1.165, 1.54) is 57.8 Å². The second-order valence-electron chi connectivity index (χ2n) is 11.7. The van der Waals surface area contributed by atoms with Gasteiger partial charge in [0.2, 0.25) is 0 Å². The summed E-state index contributed by atoms with van der Waals surface area (Å²) in [6, 6.07) is 0. The Kier molecular flexibility index (Phi) is 3.38. The SMILES string of the molecule is CC[C@]12CCC3C(C(C4CC4)CC4=CC(=O)CC[C@@H]43)C1C1CC1[C@@]21CCCO1. The van der Waals surface area contributed by atoms with Gasteiger partial charge in [-0.3, -0.25) is 4.79 Å². The summed E-state index contributed by atoms with van der Waals surface area (Å²) >= 11 is 0. The Labute approximate surface area is 169 Å². The van der Waals surface area contributed by atoms with E-state index in [-0.39, 0.29) is 5.60 Å². The third-order valence-corrected chi connectivity index (χ3v) is 11.1. The van der Waals surface area contributed by atoms with Crippen molar-refractivity contribution in [2.24, 2.45) is 52.8 Å². The van der Waals surface area contributed by atoms with Crippen molar-refractivity contribution in [3.8, 4) is 0 Å². The van der Waals surface area contributed by atoms with E-state index in [2.05, 4.69) is 13.0 Å². The molecule has 0 N–H and O–H groups in total. The van der Waals surface area contributed by atoms with Crippen LogP contribution in [0, 0.1) is 52.8 Å². The van der Waals surface area contributed by atoms with Crippen LogP contribution in [0.25, 0.3) is 0 Å². The van der Waals surface area contributed by atoms with Gasteiger partial charge in [0.25, 0.3) is 0 Å². The van der Waals surface area contributed by atoms with Gasteiger partial charge in [0, 0.05) is 18.4 Å². The van der Waals surface area contributed by atoms with Crippen molar-refractivity contribution in [3.05, 3.63) is 11.6 Å². The van der Waals surface area contributed by atoms with E-state index in [0.29, 0.717) is 11.2 Å². The first kappa shape index (κ1) is 17.1. The fourth-order valence-electron chi connectivity index (χ4n) is 10.2. The Balaban J connectivity index is 1.33. The fraction of sp³-hybridized carbons (Fsp3) is 0.885. The number of fused-ring (bicyclic) bond motifs is 9. The molecule has 7 rings (SSSR count). The summed E-state index contributed by atoms with van der Waals surface area (Å²) in [5.41, 5.74) is 2.32. The number of ketones is 1. The van der Waals surface area contributed by atoms with Gasteiger partial charge in [0.1, 0.15) is 0 Å². The van der Waals surface area contributed by atoms with Crippen LogP contribution >= 0.6 is 0 Å². The molecule has 0 aromatic heterocycles. The first-order valence-electron chi connectivity index (χ1n) is 12.6. The van der Waals surface area contributed by atoms with E-state index >= 15 is 0 Å². The molecule has 1 spiro atoms. The van der Waals surface area contributed by atoms with Crippen molar-refractivity contribution in [1.82, 2.24) is 0 Å². The van der Waals surface area contributed by atoms with Crippen molar-refractivity contribution in [2.45, 2.75) is 83.2 Å². The lowest BCUT2D eigenvalue weighted by Gasteiger charge is -2.61. The molecule has 1 saturated heterocycles. The van der Waals surface area contributed by atoms with Gasteiger partial charge in [0.05, 0.1) is 5.60 Å². The highest BCUT2D eigenvalue weighted by Crippen LogP contribution is 2.80. The summed E-state index contributed by atoms with van der Waals surface area (Å²) in [6.45, 7) is 3.52. The molecular weight excluding hydrogens is 344 g/mol. The Morgan fingerprint density at radius 1 is 1.11 bits per heavy atom. The number of carbonyl (C=O) groups excluding carboxylic acids is 1. The molecule has 7 aliphatic rings. The maximum absolute atomic E-state index is 12.2. The second-order valence-corrected chi connectivity index (χ2v) is 11.7.